The van der Waals surface area contributed by atoms with Crippen molar-refractivity contribution in [1.29, 1.82) is 0 Å². The first-order valence-corrected chi connectivity index (χ1v) is 5.95. The Balaban J connectivity index is 2.58. The Labute approximate surface area is 97.6 Å². The van der Waals surface area contributed by atoms with Crippen LogP contribution in [0.25, 0.3) is 0 Å². The molecule has 14 heavy (non-hydrogen) atoms. The molecule has 0 aromatic heterocycles. The lowest BCUT2D eigenvalue weighted by Gasteiger charge is -2.07. The zero-order chi connectivity index (χ0) is 10.6. The van der Waals surface area contributed by atoms with Gasteiger partial charge in [-0.25, -0.2) is 4.39 Å². The first-order valence-electron chi connectivity index (χ1n) is 4.62. The van der Waals surface area contributed by atoms with Gasteiger partial charge in [-0.1, -0.05) is 22.9 Å². The number of benzene rings is 1. The number of aryl methyl sites for hydroxylation is 1. The SMILES string of the molecule is CC(CCl)CCc1cc(F)cc(Br)c1. The van der Waals surface area contributed by atoms with Gasteiger partial charge in [0, 0.05) is 10.4 Å². The zero-order valence-corrected chi connectivity index (χ0v) is 10.4. The van der Waals surface area contributed by atoms with Crippen molar-refractivity contribution in [1.82, 2.24) is 0 Å². The van der Waals surface area contributed by atoms with Gasteiger partial charge in [-0.2, -0.15) is 0 Å². The van der Waals surface area contributed by atoms with E-state index in [1.54, 1.807) is 6.07 Å². The molecule has 1 atom stereocenters. The van der Waals surface area contributed by atoms with E-state index in [1.807, 2.05) is 6.07 Å². The molecule has 1 rings (SSSR count). The lowest BCUT2D eigenvalue weighted by molar-refractivity contribution is 0.586. The van der Waals surface area contributed by atoms with Crippen molar-refractivity contribution in [3.05, 3.63) is 34.1 Å². The molecule has 0 aliphatic heterocycles. The molecule has 1 unspecified atom stereocenters. The highest BCUT2D eigenvalue weighted by Crippen LogP contribution is 2.17. The standard InChI is InChI=1S/C11H13BrClF/c1-8(7-13)2-3-9-4-10(12)6-11(14)5-9/h4-6,8H,2-3,7H2,1H3. The lowest BCUT2D eigenvalue weighted by Crippen LogP contribution is -1.98. The molecule has 0 saturated carbocycles. The third-order valence-corrected chi connectivity index (χ3v) is 3.10. The molecule has 0 N–H and O–H groups in total. The van der Waals surface area contributed by atoms with Crippen LogP contribution in [0, 0.1) is 11.7 Å². The second kappa shape index (κ2) is 5.72. The summed E-state index contributed by atoms with van der Waals surface area (Å²) in [7, 11) is 0. The van der Waals surface area contributed by atoms with Gasteiger partial charge >= 0.3 is 0 Å². The van der Waals surface area contributed by atoms with Crippen molar-refractivity contribution < 1.29 is 4.39 Å². The van der Waals surface area contributed by atoms with Crippen LogP contribution in [0.2, 0.25) is 0 Å². The predicted molar refractivity (Wildman–Crippen MR) is 62.3 cm³/mol. The van der Waals surface area contributed by atoms with E-state index in [0.717, 1.165) is 22.9 Å². The average molecular weight is 280 g/mol. The van der Waals surface area contributed by atoms with Gasteiger partial charge in [-0.15, -0.1) is 11.6 Å². The van der Waals surface area contributed by atoms with Crippen LogP contribution in [-0.2, 0) is 6.42 Å². The zero-order valence-electron chi connectivity index (χ0n) is 8.06. The van der Waals surface area contributed by atoms with Crippen LogP contribution in [0.1, 0.15) is 18.9 Å². The first kappa shape index (κ1) is 12.0. The Morgan fingerprint density at radius 2 is 2.14 bits per heavy atom. The van der Waals surface area contributed by atoms with Gasteiger partial charge in [-0.3, -0.25) is 0 Å². The smallest absolute Gasteiger partial charge is 0.124 e. The summed E-state index contributed by atoms with van der Waals surface area (Å²) in [6, 6.07) is 4.99. The maximum Gasteiger partial charge on any atom is 0.124 e. The van der Waals surface area contributed by atoms with Gasteiger partial charge < -0.3 is 0 Å². The normalized spacial score (nSPS) is 12.9. The summed E-state index contributed by atoms with van der Waals surface area (Å²) in [6.07, 6.45) is 1.88. The quantitative estimate of drug-likeness (QED) is 0.717. The van der Waals surface area contributed by atoms with Crippen LogP contribution in [-0.4, -0.2) is 5.88 Å². The van der Waals surface area contributed by atoms with Gasteiger partial charge in [0.05, 0.1) is 0 Å². The van der Waals surface area contributed by atoms with Crippen molar-refractivity contribution in [2.75, 3.05) is 5.88 Å². The summed E-state index contributed by atoms with van der Waals surface area (Å²) in [5, 5.41) is 0. The number of rotatable bonds is 4. The van der Waals surface area contributed by atoms with Gasteiger partial charge in [0.25, 0.3) is 0 Å². The van der Waals surface area contributed by atoms with Crippen LogP contribution in [0.5, 0.6) is 0 Å². The van der Waals surface area contributed by atoms with Gasteiger partial charge in [0.2, 0.25) is 0 Å². The van der Waals surface area contributed by atoms with Crippen molar-refractivity contribution in [3.63, 3.8) is 0 Å². The average Bonchev–Trinajstić information content (AvgIpc) is 2.12. The molecular weight excluding hydrogens is 266 g/mol. The molecule has 0 radical (unpaired) electrons. The molecule has 1 aromatic rings. The summed E-state index contributed by atoms with van der Waals surface area (Å²) >= 11 is 8.97. The van der Waals surface area contributed by atoms with E-state index < -0.39 is 0 Å². The van der Waals surface area contributed by atoms with Gasteiger partial charge in [0.1, 0.15) is 5.82 Å². The first-order chi connectivity index (χ1) is 6.61. The van der Waals surface area contributed by atoms with E-state index in [4.69, 9.17) is 11.6 Å². The molecule has 0 aliphatic rings. The van der Waals surface area contributed by atoms with E-state index in [1.165, 1.54) is 6.07 Å². The maximum atomic E-state index is 13.0. The highest BCUT2D eigenvalue weighted by Gasteiger charge is 2.03. The fourth-order valence-corrected chi connectivity index (χ4v) is 1.91. The molecule has 78 valence electrons. The van der Waals surface area contributed by atoms with E-state index in [0.29, 0.717) is 11.8 Å². The summed E-state index contributed by atoms with van der Waals surface area (Å²) < 4.78 is 13.8. The monoisotopic (exact) mass is 278 g/mol. The molecule has 1 aromatic carbocycles. The number of hydrogen-bond acceptors (Lipinski definition) is 0. The van der Waals surface area contributed by atoms with Crippen molar-refractivity contribution in [2.24, 2.45) is 5.92 Å². The number of halogens is 3. The largest absolute Gasteiger partial charge is 0.207 e. The lowest BCUT2D eigenvalue weighted by atomic mass is 10.0. The predicted octanol–water partition coefficient (Wildman–Crippen LogP) is 4.40. The fourth-order valence-electron chi connectivity index (χ4n) is 1.25. The number of hydrogen-bond donors (Lipinski definition) is 0. The second-order valence-electron chi connectivity index (χ2n) is 3.58. The molecule has 0 spiro atoms. The Bertz CT molecular complexity index is 281. The van der Waals surface area contributed by atoms with E-state index in [9.17, 15) is 4.39 Å². The van der Waals surface area contributed by atoms with E-state index >= 15 is 0 Å². The molecule has 3 heteroatoms. The summed E-state index contributed by atoms with van der Waals surface area (Å²) in [4.78, 5) is 0. The molecule has 0 heterocycles. The minimum atomic E-state index is -0.187. The summed E-state index contributed by atoms with van der Waals surface area (Å²) in [5.41, 5.74) is 1.02. The Morgan fingerprint density at radius 1 is 1.43 bits per heavy atom. The van der Waals surface area contributed by atoms with Crippen LogP contribution < -0.4 is 0 Å². The topological polar surface area (TPSA) is 0 Å². The molecule has 0 saturated heterocycles. The molecular formula is C11H13BrClF. The van der Waals surface area contributed by atoms with Crippen molar-refractivity contribution in [3.8, 4) is 0 Å². The molecule has 0 aliphatic carbocycles. The highest BCUT2D eigenvalue weighted by atomic mass is 79.9. The van der Waals surface area contributed by atoms with Crippen LogP contribution in [0.4, 0.5) is 4.39 Å². The maximum absolute atomic E-state index is 13.0. The molecule has 0 nitrogen and oxygen atoms in total. The molecule has 0 bridgehead atoms. The third kappa shape index (κ3) is 3.97. The minimum absolute atomic E-state index is 0.187. The van der Waals surface area contributed by atoms with Crippen LogP contribution in [0.15, 0.2) is 22.7 Å². The Morgan fingerprint density at radius 3 is 2.71 bits per heavy atom. The van der Waals surface area contributed by atoms with Crippen molar-refractivity contribution >= 4 is 27.5 Å². The molecule has 0 amide bonds. The van der Waals surface area contributed by atoms with Crippen LogP contribution >= 0.6 is 27.5 Å². The minimum Gasteiger partial charge on any atom is -0.207 e. The Kier molecular flexibility index (Phi) is 4.90. The third-order valence-electron chi connectivity index (χ3n) is 2.11. The van der Waals surface area contributed by atoms with E-state index in [-0.39, 0.29) is 5.82 Å². The highest BCUT2D eigenvalue weighted by molar-refractivity contribution is 9.10. The Hall–Kier alpha value is -0.0800. The van der Waals surface area contributed by atoms with Crippen LogP contribution in [0.3, 0.4) is 0 Å². The van der Waals surface area contributed by atoms with Gasteiger partial charge in [0.15, 0.2) is 0 Å². The van der Waals surface area contributed by atoms with Crippen molar-refractivity contribution in [2.45, 2.75) is 19.8 Å². The fraction of sp³-hybridized carbons (Fsp3) is 0.455. The molecule has 0 fully saturated rings. The number of alkyl halides is 1. The summed E-state index contributed by atoms with van der Waals surface area (Å²) in [6.45, 7) is 2.10. The van der Waals surface area contributed by atoms with Gasteiger partial charge in [-0.05, 0) is 42.5 Å². The van der Waals surface area contributed by atoms with E-state index in [2.05, 4.69) is 22.9 Å². The second-order valence-corrected chi connectivity index (χ2v) is 4.80. The summed E-state index contributed by atoms with van der Waals surface area (Å²) in [5.74, 6) is 0.961.